The highest BCUT2D eigenvalue weighted by atomic mass is 19.4. The minimum atomic E-state index is -5.17. The summed E-state index contributed by atoms with van der Waals surface area (Å²) in [6, 6.07) is 0. The molecule has 0 aliphatic heterocycles. The average Bonchev–Trinajstić information content (AvgIpc) is 2.21. The summed E-state index contributed by atoms with van der Waals surface area (Å²) in [4.78, 5) is 22.6. The molecule has 1 aliphatic carbocycles. The molecular weight excluding hydrogens is 292 g/mol. The maximum Gasteiger partial charge on any atom is 0.403 e. The Morgan fingerprint density at radius 1 is 1.35 bits per heavy atom. The molecule has 0 radical (unpaired) electrons. The van der Waals surface area contributed by atoms with Gasteiger partial charge in [-0.1, -0.05) is 0 Å². The second-order valence-corrected chi connectivity index (χ2v) is 4.95. The fourth-order valence-electron chi connectivity index (χ4n) is 2.24. The van der Waals surface area contributed by atoms with Gasteiger partial charge in [0.2, 0.25) is 5.91 Å². The summed E-state index contributed by atoms with van der Waals surface area (Å²) in [7, 11) is 0. The summed E-state index contributed by atoms with van der Waals surface area (Å²) in [6.07, 6.45) is -10.1. The highest BCUT2D eigenvalue weighted by Crippen LogP contribution is 2.60. The van der Waals surface area contributed by atoms with Crippen LogP contribution in [0.15, 0.2) is 0 Å². The molecule has 0 aromatic rings. The van der Waals surface area contributed by atoms with Crippen molar-refractivity contribution in [1.29, 1.82) is 0 Å². The van der Waals surface area contributed by atoms with Crippen molar-refractivity contribution in [1.82, 2.24) is 4.90 Å². The maximum absolute atomic E-state index is 12.9. The van der Waals surface area contributed by atoms with Gasteiger partial charge in [0.05, 0.1) is 13.1 Å². The SMILES string of the molecule is CC(F)CN(CC=O)C(=O)C1(C(F)(F)F)CC(F)(F)C1. The van der Waals surface area contributed by atoms with Gasteiger partial charge in [-0.3, -0.25) is 4.79 Å². The van der Waals surface area contributed by atoms with Crippen molar-refractivity contribution in [3.05, 3.63) is 0 Å². The van der Waals surface area contributed by atoms with Crippen LogP contribution in [0, 0.1) is 5.41 Å². The Morgan fingerprint density at radius 2 is 1.85 bits per heavy atom. The third-order valence-electron chi connectivity index (χ3n) is 3.13. The van der Waals surface area contributed by atoms with E-state index < -0.39 is 55.5 Å². The highest BCUT2D eigenvalue weighted by molar-refractivity contribution is 5.86. The van der Waals surface area contributed by atoms with Gasteiger partial charge in [-0.15, -0.1) is 0 Å². The smallest absolute Gasteiger partial charge is 0.332 e. The van der Waals surface area contributed by atoms with E-state index in [-0.39, 0.29) is 6.29 Å². The first-order valence-corrected chi connectivity index (χ1v) is 5.77. The second-order valence-electron chi connectivity index (χ2n) is 4.95. The Morgan fingerprint density at radius 3 is 2.15 bits per heavy atom. The van der Waals surface area contributed by atoms with E-state index in [2.05, 4.69) is 0 Å². The van der Waals surface area contributed by atoms with Gasteiger partial charge in [0.15, 0.2) is 5.41 Å². The molecule has 20 heavy (non-hydrogen) atoms. The molecule has 0 bridgehead atoms. The molecule has 1 saturated carbocycles. The lowest BCUT2D eigenvalue weighted by atomic mass is 9.64. The summed E-state index contributed by atoms with van der Waals surface area (Å²) in [5, 5.41) is 0. The zero-order valence-electron chi connectivity index (χ0n) is 10.5. The molecule has 1 unspecified atom stereocenters. The molecule has 0 saturated heterocycles. The predicted octanol–water partition coefficient (Wildman–Crippen LogP) is 2.35. The van der Waals surface area contributed by atoms with E-state index in [1.807, 2.05) is 0 Å². The van der Waals surface area contributed by atoms with Crippen LogP contribution in [-0.4, -0.2) is 48.5 Å². The van der Waals surface area contributed by atoms with E-state index >= 15 is 0 Å². The van der Waals surface area contributed by atoms with Crippen molar-refractivity contribution in [2.24, 2.45) is 5.41 Å². The van der Waals surface area contributed by atoms with E-state index in [1.165, 1.54) is 0 Å². The fraction of sp³-hybridized carbons (Fsp3) is 0.818. The molecule has 0 aromatic carbocycles. The van der Waals surface area contributed by atoms with Gasteiger partial charge in [0, 0.05) is 12.8 Å². The van der Waals surface area contributed by atoms with Gasteiger partial charge in [-0.05, 0) is 6.92 Å². The minimum absolute atomic E-state index is 0.126. The van der Waals surface area contributed by atoms with Crippen LogP contribution >= 0.6 is 0 Å². The lowest BCUT2D eigenvalue weighted by Crippen LogP contribution is -2.63. The lowest BCUT2D eigenvalue weighted by Gasteiger charge is -2.48. The third-order valence-corrected chi connectivity index (χ3v) is 3.13. The Balaban J connectivity index is 3.02. The molecule has 0 heterocycles. The number of amides is 1. The first-order chi connectivity index (χ1) is 8.95. The molecule has 1 amide bonds. The summed E-state index contributed by atoms with van der Waals surface area (Å²) in [6.45, 7) is -0.530. The monoisotopic (exact) mass is 305 g/mol. The van der Waals surface area contributed by atoms with Crippen molar-refractivity contribution in [2.45, 2.75) is 38.0 Å². The van der Waals surface area contributed by atoms with Crippen LogP contribution in [0.3, 0.4) is 0 Å². The third kappa shape index (κ3) is 3.06. The predicted molar refractivity (Wildman–Crippen MR) is 55.9 cm³/mol. The molecule has 3 nitrogen and oxygen atoms in total. The van der Waals surface area contributed by atoms with E-state index in [4.69, 9.17) is 0 Å². The minimum Gasteiger partial charge on any atom is -0.332 e. The number of rotatable bonds is 5. The highest BCUT2D eigenvalue weighted by Gasteiger charge is 2.74. The van der Waals surface area contributed by atoms with Gasteiger partial charge in [-0.2, -0.15) is 13.2 Å². The van der Waals surface area contributed by atoms with Crippen LogP contribution < -0.4 is 0 Å². The Bertz CT molecular complexity index is 385. The molecule has 9 heteroatoms. The number of carbonyl (C=O) groups is 2. The molecule has 116 valence electrons. The van der Waals surface area contributed by atoms with Crippen LogP contribution in [-0.2, 0) is 9.59 Å². The summed E-state index contributed by atoms with van der Waals surface area (Å²) < 4.78 is 77.3. The topological polar surface area (TPSA) is 37.4 Å². The molecular formula is C11H13F6NO2. The molecule has 0 spiro atoms. The second kappa shape index (κ2) is 5.25. The largest absolute Gasteiger partial charge is 0.403 e. The molecule has 1 rings (SSSR count). The van der Waals surface area contributed by atoms with E-state index in [0.717, 1.165) is 6.92 Å². The van der Waals surface area contributed by atoms with Crippen LogP contribution in [0.4, 0.5) is 26.3 Å². The van der Waals surface area contributed by atoms with E-state index in [9.17, 15) is 35.9 Å². The van der Waals surface area contributed by atoms with Crippen molar-refractivity contribution in [3.63, 3.8) is 0 Å². The van der Waals surface area contributed by atoms with E-state index in [0.29, 0.717) is 4.90 Å². The Hall–Kier alpha value is -1.28. The molecule has 0 N–H and O–H groups in total. The van der Waals surface area contributed by atoms with Crippen LogP contribution in [0.5, 0.6) is 0 Å². The van der Waals surface area contributed by atoms with Gasteiger partial charge in [0.1, 0.15) is 12.5 Å². The zero-order chi connectivity index (χ0) is 15.8. The van der Waals surface area contributed by atoms with Crippen molar-refractivity contribution >= 4 is 12.2 Å². The maximum atomic E-state index is 12.9. The summed E-state index contributed by atoms with van der Waals surface area (Å²) in [5.74, 6) is -5.26. The van der Waals surface area contributed by atoms with Gasteiger partial charge >= 0.3 is 6.18 Å². The Kier molecular flexibility index (Phi) is 4.40. The quantitative estimate of drug-likeness (QED) is 0.577. The standard InChI is InChI=1S/C11H13F6NO2/c1-7(12)4-18(2-3-19)8(20)9(11(15,16)17)5-10(13,14)6-9/h3,7H,2,4-6H2,1H3. The van der Waals surface area contributed by atoms with Gasteiger partial charge < -0.3 is 9.69 Å². The van der Waals surface area contributed by atoms with Crippen molar-refractivity contribution in [2.75, 3.05) is 13.1 Å². The normalized spacial score (nSPS) is 21.8. The molecule has 0 aromatic heterocycles. The Labute approximate surface area is 110 Å². The van der Waals surface area contributed by atoms with Crippen molar-refractivity contribution in [3.8, 4) is 0 Å². The van der Waals surface area contributed by atoms with Crippen LogP contribution in [0.2, 0.25) is 0 Å². The first-order valence-electron chi connectivity index (χ1n) is 5.77. The number of nitrogens with zero attached hydrogens (tertiary/aromatic N) is 1. The number of hydrogen-bond acceptors (Lipinski definition) is 2. The summed E-state index contributed by atoms with van der Waals surface area (Å²) in [5.41, 5.74) is -3.23. The van der Waals surface area contributed by atoms with Gasteiger partial charge in [-0.25, -0.2) is 13.2 Å². The van der Waals surface area contributed by atoms with Crippen LogP contribution in [0.25, 0.3) is 0 Å². The van der Waals surface area contributed by atoms with Crippen LogP contribution in [0.1, 0.15) is 19.8 Å². The molecule has 1 atom stereocenters. The molecule has 1 fully saturated rings. The molecule has 1 aliphatic rings. The van der Waals surface area contributed by atoms with Gasteiger partial charge in [0.25, 0.3) is 5.92 Å². The first kappa shape index (κ1) is 16.8. The fourth-order valence-corrected chi connectivity index (χ4v) is 2.24. The lowest BCUT2D eigenvalue weighted by molar-refractivity contribution is -0.299. The number of carbonyl (C=O) groups excluding carboxylic acids is 2. The number of hydrogen-bond donors (Lipinski definition) is 0. The number of aldehydes is 1. The number of alkyl halides is 6. The number of halogens is 6. The zero-order valence-corrected chi connectivity index (χ0v) is 10.5. The summed E-state index contributed by atoms with van der Waals surface area (Å²) >= 11 is 0. The average molecular weight is 305 g/mol. The van der Waals surface area contributed by atoms with Crippen molar-refractivity contribution < 1.29 is 35.9 Å². The van der Waals surface area contributed by atoms with E-state index in [1.54, 1.807) is 0 Å².